The number of nitrogens with zero attached hydrogens (tertiary/aromatic N) is 2. The predicted octanol–water partition coefficient (Wildman–Crippen LogP) is 5.69. The van der Waals surface area contributed by atoms with Crippen molar-refractivity contribution in [3.63, 3.8) is 0 Å². The maximum Gasteiger partial charge on any atom is 0.255 e. The zero-order chi connectivity index (χ0) is 28.3. The lowest BCUT2D eigenvalue weighted by atomic mass is 10.1. The number of nitrogens with one attached hydrogen (secondary N) is 2. The minimum Gasteiger partial charge on any atom is -0.393 e. The summed E-state index contributed by atoms with van der Waals surface area (Å²) in [5, 5.41) is 17.1. The van der Waals surface area contributed by atoms with E-state index in [1.165, 1.54) is 0 Å². The smallest absolute Gasteiger partial charge is 0.255 e. The zero-order valence-electron chi connectivity index (χ0n) is 22.5. The van der Waals surface area contributed by atoms with Gasteiger partial charge in [0, 0.05) is 58.9 Å². The molecule has 41 heavy (non-hydrogen) atoms. The number of amides is 2. The van der Waals surface area contributed by atoms with Crippen molar-refractivity contribution >= 4 is 45.5 Å². The maximum absolute atomic E-state index is 12.8. The Kier molecular flexibility index (Phi) is 7.14. The second kappa shape index (κ2) is 11.2. The minimum absolute atomic E-state index is 0.164. The lowest BCUT2D eigenvalue weighted by molar-refractivity contribution is 0.0997. The van der Waals surface area contributed by atoms with Crippen LogP contribution in [0.3, 0.4) is 0 Å². The van der Waals surface area contributed by atoms with Gasteiger partial charge in [-0.1, -0.05) is 6.07 Å². The van der Waals surface area contributed by atoms with E-state index in [1.54, 1.807) is 6.07 Å². The van der Waals surface area contributed by atoms with Gasteiger partial charge >= 0.3 is 0 Å². The van der Waals surface area contributed by atoms with Crippen molar-refractivity contribution in [3.8, 4) is 5.69 Å². The van der Waals surface area contributed by atoms with Crippen LogP contribution in [0.4, 0.5) is 22.7 Å². The molecule has 8 nitrogen and oxygen atoms in total. The van der Waals surface area contributed by atoms with Crippen molar-refractivity contribution in [1.82, 2.24) is 4.57 Å². The third-order valence-electron chi connectivity index (χ3n) is 7.51. The number of primary amides is 1. The summed E-state index contributed by atoms with van der Waals surface area (Å²) in [7, 11) is 0. The monoisotopic (exact) mass is 545 g/mol. The Labute approximate surface area is 238 Å². The molecule has 0 atom stereocenters. The van der Waals surface area contributed by atoms with Crippen LogP contribution in [0.1, 0.15) is 33.6 Å². The Balaban J connectivity index is 1.07. The van der Waals surface area contributed by atoms with E-state index in [4.69, 9.17) is 5.73 Å². The average Bonchev–Trinajstić information content (AvgIpc) is 3.42. The Morgan fingerprint density at radius 1 is 0.732 bits per heavy atom. The number of aliphatic hydroxyl groups is 1. The fourth-order valence-electron chi connectivity index (χ4n) is 5.17. The molecule has 2 amide bonds. The third kappa shape index (κ3) is 5.78. The van der Waals surface area contributed by atoms with Gasteiger partial charge in [-0.2, -0.15) is 0 Å². The number of fused-ring (bicyclic) bond motifs is 1. The van der Waals surface area contributed by atoms with E-state index in [9.17, 15) is 14.7 Å². The molecule has 1 aromatic heterocycles. The van der Waals surface area contributed by atoms with Gasteiger partial charge in [0.1, 0.15) is 0 Å². The Bertz CT molecular complexity index is 1680. The molecule has 1 saturated heterocycles. The Morgan fingerprint density at radius 2 is 1.32 bits per heavy atom. The second-order valence-electron chi connectivity index (χ2n) is 10.3. The number of piperidine rings is 1. The highest BCUT2D eigenvalue weighted by Gasteiger charge is 2.17. The van der Waals surface area contributed by atoms with Crippen molar-refractivity contribution in [2.24, 2.45) is 5.73 Å². The van der Waals surface area contributed by atoms with E-state index in [2.05, 4.69) is 15.5 Å². The molecular weight excluding hydrogens is 514 g/mol. The molecule has 1 aliphatic rings. The zero-order valence-corrected chi connectivity index (χ0v) is 22.5. The van der Waals surface area contributed by atoms with Crippen LogP contribution in [0.5, 0.6) is 0 Å². The molecule has 4 aromatic carbocycles. The van der Waals surface area contributed by atoms with Crippen molar-refractivity contribution < 1.29 is 14.7 Å². The first-order chi connectivity index (χ1) is 19.9. The first-order valence-corrected chi connectivity index (χ1v) is 13.7. The van der Waals surface area contributed by atoms with Crippen LogP contribution < -0.4 is 21.3 Å². The van der Waals surface area contributed by atoms with Gasteiger partial charge in [0.15, 0.2) is 0 Å². The number of rotatable bonds is 7. The van der Waals surface area contributed by atoms with E-state index in [1.807, 2.05) is 102 Å². The number of aromatic nitrogens is 1. The lowest BCUT2D eigenvalue weighted by Crippen LogP contribution is -2.35. The van der Waals surface area contributed by atoms with Gasteiger partial charge in [0.05, 0.1) is 11.6 Å². The van der Waals surface area contributed by atoms with Gasteiger partial charge < -0.3 is 30.9 Å². The van der Waals surface area contributed by atoms with Crippen LogP contribution in [0.2, 0.25) is 0 Å². The molecule has 206 valence electrons. The molecule has 1 aliphatic heterocycles. The number of anilines is 4. The molecule has 0 radical (unpaired) electrons. The normalized spacial score (nSPS) is 13.7. The summed E-state index contributed by atoms with van der Waals surface area (Å²) in [5.74, 6) is -0.614. The number of carbonyl (C=O) groups excluding carboxylic acids is 2. The number of aliphatic hydroxyl groups excluding tert-OH is 1. The molecule has 2 heterocycles. The van der Waals surface area contributed by atoms with E-state index in [0.29, 0.717) is 16.8 Å². The van der Waals surface area contributed by atoms with E-state index in [0.717, 1.165) is 59.6 Å². The fourth-order valence-corrected chi connectivity index (χ4v) is 5.17. The maximum atomic E-state index is 12.8. The van der Waals surface area contributed by atoms with E-state index < -0.39 is 5.91 Å². The summed E-state index contributed by atoms with van der Waals surface area (Å²) >= 11 is 0. The van der Waals surface area contributed by atoms with E-state index in [-0.39, 0.29) is 12.0 Å². The van der Waals surface area contributed by atoms with Crippen molar-refractivity contribution in [2.75, 3.05) is 28.6 Å². The van der Waals surface area contributed by atoms with Crippen LogP contribution in [-0.2, 0) is 0 Å². The first kappa shape index (κ1) is 26.2. The van der Waals surface area contributed by atoms with Gasteiger partial charge in [-0.05, 0) is 109 Å². The second-order valence-corrected chi connectivity index (χ2v) is 10.3. The van der Waals surface area contributed by atoms with Crippen molar-refractivity contribution in [3.05, 3.63) is 114 Å². The molecule has 0 bridgehead atoms. The summed E-state index contributed by atoms with van der Waals surface area (Å²) in [6.07, 6.45) is 3.30. The van der Waals surface area contributed by atoms with Crippen molar-refractivity contribution in [1.29, 1.82) is 0 Å². The van der Waals surface area contributed by atoms with Crippen LogP contribution in [-0.4, -0.2) is 40.7 Å². The van der Waals surface area contributed by atoms with Crippen LogP contribution >= 0.6 is 0 Å². The highest BCUT2D eigenvalue weighted by atomic mass is 16.3. The van der Waals surface area contributed by atoms with Gasteiger partial charge in [-0.3, -0.25) is 9.59 Å². The number of hydrogen-bond acceptors (Lipinski definition) is 5. The molecule has 5 aromatic rings. The molecule has 0 unspecified atom stereocenters. The third-order valence-corrected chi connectivity index (χ3v) is 7.51. The molecule has 1 fully saturated rings. The van der Waals surface area contributed by atoms with E-state index >= 15 is 0 Å². The lowest BCUT2D eigenvalue weighted by Gasteiger charge is -2.31. The van der Waals surface area contributed by atoms with Crippen molar-refractivity contribution in [2.45, 2.75) is 18.9 Å². The average molecular weight is 546 g/mol. The Morgan fingerprint density at radius 3 is 1.98 bits per heavy atom. The Hall–Kier alpha value is -5.08. The van der Waals surface area contributed by atoms with Crippen LogP contribution in [0.15, 0.2) is 103 Å². The molecule has 0 saturated carbocycles. The minimum atomic E-state index is -0.450. The van der Waals surface area contributed by atoms with Crippen LogP contribution in [0.25, 0.3) is 16.6 Å². The largest absolute Gasteiger partial charge is 0.393 e. The fraction of sp³-hybridized carbons (Fsp3) is 0.152. The molecule has 5 N–H and O–H groups in total. The SMILES string of the molecule is NC(=O)c1ccc2ccn(-c3ccc(Nc4ccc(NC(=O)c5ccc(N6CCC(O)CC6)cc5)cc4)cc3)c2c1. The van der Waals surface area contributed by atoms with Crippen LogP contribution in [0, 0.1) is 0 Å². The standard InChI is InChI=1S/C33H31N5O3/c34-32(40)24-2-1-22-15-20-38(31(22)21-24)29-13-9-26(10-14-29)35-25-5-7-27(8-6-25)36-33(41)23-3-11-28(12-4-23)37-18-16-30(39)17-19-37/h1-15,20-21,30,35,39H,16-19H2,(H2,34,40)(H,36,41). The quantitative estimate of drug-likeness (QED) is 0.210. The number of hydrogen-bond donors (Lipinski definition) is 4. The van der Waals surface area contributed by atoms with Gasteiger partial charge in [0.25, 0.3) is 5.91 Å². The molecule has 8 heteroatoms. The predicted molar refractivity (Wildman–Crippen MR) is 163 cm³/mol. The highest BCUT2D eigenvalue weighted by Crippen LogP contribution is 2.25. The first-order valence-electron chi connectivity index (χ1n) is 13.7. The summed E-state index contributed by atoms with van der Waals surface area (Å²) in [6.45, 7) is 1.64. The number of nitrogens with two attached hydrogens (primary N) is 1. The number of benzene rings is 4. The molecule has 0 spiro atoms. The van der Waals surface area contributed by atoms with Gasteiger partial charge in [0.2, 0.25) is 5.91 Å². The highest BCUT2D eigenvalue weighted by molar-refractivity contribution is 6.04. The molecular formula is C33H31N5O3. The summed E-state index contributed by atoms with van der Waals surface area (Å²) in [4.78, 5) is 26.6. The summed E-state index contributed by atoms with van der Waals surface area (Å²) in [6, 6.07) is 30.6. The summed E-state index contributed by atoms with van der Waals surface area (Å²) < 4.78 is 2.02. The van der Waals surface area contributed by atoms with Gasteiger partial charge in [-0.25, -0.2) is 0 Å². The topological polar surface area (TPSA) is 113 Å². The van der Waals surface area contributed by atoms with Gasteiger partial charge in [-0.15, -0.1) is 0 Å². The summed E-state index contributed by atoms with van der Waals surface area (Å²) in [5.41, 5.74) is 12.0. The number of carbonyl (C=O) groups is 2. The molecule has 6 rings (SSSR count). The molecule has 0 aliphatic carbocycles.